The highest BCUT2D eigenvalue weighted by Gasteiger charge is 2.22. The van der Waals surface area contributed by atoms with Crippen LogP contribution in [0.3, 0.4) is 0 Å². The molecule has 12 heavy (non-hydrogen) atoms. The van der Waals surface area contributed by atoms with E-state index >= 15 is 0 Å². The van der Waals surface area contributed by atoms with Crippen LogP contribution in [-0.4, -0.2) is 17.7 Å². The quantitative estimate of drug-likeness (QED) is 0.661. The van der Waals surface area contributed by atoms with Crippen molar-refractivity contribution in [3.05, 3.63) is 24.2 Å². The molecule has 1 atom stereocenters. The van der Waals surface area contributed by atoms with Crippen molar-refractivity contribution in [3.8, 4) is 0 Å². The Balaban J connectivity index is 2.09. The molecule has 0 amide bonds. The van der Waals surface area contributed by atoms with Gasteiger partial charge in [0.05, 0.1) is 12.1 Å². The molecule has 0 saturated carbocycles. The summed E-state index contributed by atoms with van der Waals surface area (Å²) in [7, 11) is 0. The molecule has 0 aliphatic carbocycles. The highest BCUT2D eigenvalue weighted by atomic mass is 35.5. The van der Waals surface area contributed by atoms with Gasteiger partial charge in [0, 0.05) is 6.42 Å². The molecule has 0 unspecified atom stereocenters. The topological polar surface area (TPSA) is 34.7 Å². The lowest BCUT2D eigenvalue weighted by Crippen LogP contribution is -2.09. The summed E-state index contributed by atoms with van der Waals surface area (Å²) in [6.07, 6.45) is 2.36. The van der Waals surface area contributed by atoms with Crippen molar-refractivity contribution in [2.45, 2.75) is 12.5 Å². The first-order valence-corrected chi connectivity index (χ1v) is 4.26. The number of alkyl halides is 1. The monoisotopic (exact) mass is 185 g/mol. The molecule has 0 fully saturated rings. The number of nitrogens with zero attached hydrogens (tertiary/aromatic N) is 1. The largest absolute Gasteiger partial charge is 0.463 e. The first-order valence-electron chi connectivity index (χ1n) is 3.72. The van der Waals surface area contributed by atoms with Gasteiger partial charge in [0.15, 0.2) is 5.76 Å². The van der Waals surface area contributed by atoms with Crippen molar-refractivity contribution in [3.63, 3.8) is 0 Å². The molecule has 2 rings (SSSR count). The van der Waals surface area contributed by atoms with Crippen LogP contribution in [0.5, 0.6) is 0 Å². The minimum atomic E-state index is 0.00627. The van der Waals surface area contributed by atoms with Crippen LogP contribution in [-0.2, 0) is 4.84 Å². The van der Waals surface area contributed by atoms with Gasteiger partial charge < -0.3 is 9.25 Å². The molecule has 0 spiro atoms. The van der Waals surface area contributed by atoms with Crippen molar-refractivity contribution in [1.82, 2.24) is 0 Å². The maximum atomic E-state index is 5.61. The molecular weight excluding hydrogens is 178 g/mol. The van der Waals surface area contributed by atoms with Gasteiger partial charge in [-0.25, -0.2) is 0 Å². The van der Waals surface area contributed by atoms with E-state index < -0.39 is 0 Å². The Kier molecular flexibility index (Phi) is 2.04. The van der Waals surface area contributed by atoms with Crippen LogP contribution < -0.4 is 0 Å². The van der Waals surface area contributed by atoms with Crippen molar-refractivity contribution < 1.29 is 9.25 Å². The van der Waals surface area contributed by atoms with Crippen molar-refractivity contribution >= 4 is 17.3 Å². The predicted molar refractivity (Wildman–Crippen MR) is 45.5 cm³/mol. The summed E-state index contributed by atoms with van der Waals surface area (Å²) in [5, 5.41) is 3.87. The fraction of sp³-hybridized carbons (Fsp3) is 0.375. The molecule has 0 saturated heterocycles. The Morgan fingerprint density at radius 1 is 1.67 bits per heavy atom. The summed E-state index contributed by atoms with van der Waals surface area (Å²) in [5.41, 5.74) is 0.839. The summed E-state index contributed by atoms with van der Waals surface area (Å²) in [4.78, 5) is 5.03. The second-order valence-corrected chi connectivity index (χ2v) is 2.91. The molecular formula is C8H8ClNO2. The number of halogens is 1. The Labute approximate surface area is 74.9 Å². The molecule has 3 nitrogen and oxygen atoms in total. The van der Waals surface area contributed by atoms with Gasteiger partial charge >= 0.3 is 0 Å². The third kappa shape index (κ3) is 1.32. The van der Waals surface area contributed by atoms with Gasteiger partial charge in [-0.15, -0.1) is 11.6 Å². The van der Waals surface area contributed by atoms with E-state index in [0.717, 1.165) is 17.9 Å². The summed E-state index contributed by atoms with van der Waals surface area (Å²) in [6, 6.07) is 3.69. The van der Waals surface area contributed by atoms with E-state index in [1.165, 1.54) is 0 Å². The standard InChI is InChI=1S/C8H8ClNO2/c9-5-6-4-7(10-12-6)8-2-1-3-11-8/h1-3,6H,4-5H2/t6-/m0/s1. The molecule has 4 heteroatoms. The molecule has 1 aromatic rings. The lowest BCUT2D eigenvalue weighted by Gasteiger charge is -1.99. The van der Waals surface area contributed by atoms with Gasteiger partial charge in [-0.05, 0) is 12.1 Å². The van der Waals surface area contributed by atoms with E-state index in [0.29, 0.717) is 5.88 Å². The summed E-state index contributed by atoms with van der Waals surface area (Å²) >= 11 is 5.61. The fourth-order valence-corrected chi connectivity index (χ4v) is 1.26. The Morgan fingerprint density at radius 2 is 2.58 bits per heavy atom. The van der Waals surface area contributed by atoms with E-state index in [2.05, 4.69) is 5.16 Å². The molecule has 64 valence electrons. The third-order valence-corrected chi connectivity index (χ3v) is 2.05. The molecule has 0 aromatic carbocycles. The first-order chi connectivity index (χ1) is 5.90. The zero-order valence-corrected chi connectivity index (χ0v) is 7.12. The van der Waals surface area contributed by atoms with Gasteiger partial charge in [-0.3, -0.25) is 0 Å². The molecule has 0 bridgehead atoms. The lowest BCUT2D eigenvalue weighted by atomic mass is 10.1. The average Bonchev–Trinajstić information content (AvgIpc) is 2.75. The van der Waals surface area contributed by atoms with Gasteiger partial charge in [-0.2, -0.15) is 0 Å². The van der Waals surface area contributed by atoms with Crippen LogP contribution >= 0.6 is 11.6 Å². The Bertz CT molecular complexity index is 281. The Hall–Kier alpha value is -0.960. The zero-order chi connectivity index (χ0) is 8.39. The second-order valence-electron chi connectivity index (χ2n) is 2.60. The SMILES string of the molecule is ClC[C@@H]1CC(c2ccco2)=NO1. The van der Waals surface area contributed by atoms with Crippen LogP contribution in [0.2, 0.25) is 0 Å². The normalized spacial score (nSPS) is 22.1. The average molecular weight is 186 g/mol. The van der Waals surface area contributed by atoms with Crippen LogP contribution in [0.1, 0.15) is 12.2 Å². The van der Waals surface area contributed by atoms with E-state index in [9.17, 15) is 0 Å². The van der Waals surface area contributed by atoms with Crippen LogP contribution in [0.15, 0.2) is 28.0 Å². The molecule has 1 aliphatic heterocycles. The van der Waals surface area contributed by atoms with Crippen molar-refractivity contribution in [1.29, 1.82) is 0 Å². The van der Waals surface area contributed by atoms with Gasteiger partial charge in [-0.1, -0.05) is 5.16 Å². The van der Waals surface area contributed by atoms with Gasteiger partial charge in [0.1, 0.15) is 11.8 Å². The van der Waals surface area contributed by atoms with E-state index in [-0.39, 0.29) is 6.10 Å². The van der Waals surface area contributed by atoms with E-state index in [1.54, 1.807) is 6.26 Å². The fourth-order valence-electron chi connectivity index (χ4n) is 1.10. The van der Waals surface area contributed by atoms with Crippen LogP contribution in [0, 0.1) is 0 Å². The number of hydrogen-bond donors (Lipinski definition) is 0. The Morgan fingerprint density at radius 3 is 3.17 bits per heavy atom. The molecule has 1 aromatic heterocycles. The van der Waals surface area contributed by atoms with Crippen LogP contribution in [0.4, 0.5) is 0 Å². The van der Waals surface area contributed by atoms with Crippen LogP contribution in [0.25, 0.3) is 0 Å². The highest BCUT2D eigenvalue weighted by Crippen LogP contribution is 2.17. The maximum absolute atomic E-state index is 5.61. The lowest BCUT2D eigenvalue weighted by molar-refractivity contribution is 0.102. The minimum Gasteiger partial charge on any atom is -0.463 e. The highest BCUT2D eigenvalue weighted by molar-refractivity contribution is 6.18. The molecule has 0 radical (unpaired) electrons. The number of oxime groups is 1. The van der Waals surface area contributed by atoms with Crippen molar-refractivity contribution in [2.24, 2.45) is 5.16 Å². The first kappa shape index (κ1) is 7.68. The molecule has 1 aliphatic rings. The summed E-state index contributed by atoms with van der Waals surface area (Å²) in [5.74, 6) is 1.23. The number of hydrogen-bond acceptors (Lipinski definition) is 3. The number of furan rings is 1. The zero-order valence-electron chi connectivity index (χ0n) is 6.37. The molecule has 2 heterocycles. The summed E-state index contributed by atoms with van der Waals surface area (Å²) < 4.78 is 5.16. The van der Waals surface area contributed by atoms with Gasteiger partial charge in [0.25, 0.3) is 0 Å². The summed E-state index contributed by atoms with van der Waals surface area (Å²) in [6.45, 7) is 0. The second kappa shape index (κ2) is 3.19. The predicted octanol–water partition coefficient (Wildman–Crippen LogP) is 2.01. The van der Waals surface area contributed by atoms with E-state index in [4.69, 9.17) is 20.9 Å². The van der Waals surface area contributed by atoms with Gasteiger partial charge in [0.2, 0.25) is 0 Å². The van der Waals surface area contributed by atoms with E-state index in [1.807, 2.05) is 12.1 Å². The van der Waals surface area contributed by atoms with Crippen molar-refractivity contribution in [2.75, 3.05) is 5.88 Å². The maximum Gasteiger partial charge on any atom is 0.151 e. The third-order valence-electron chi connectivity index (χ3n) is 1.71. The smallest absolute Gasteiger partial charge is 0.151 e. The number of rotatable bonds is 2. The minimum absolute atomic E-state index is 0.00627. The molecule has 0 N–H and O–H groups in total.